The van der Waals surface area contributed by atoms with Crippen LogP contribution in [0.5, 0.6) is 0 Å². The fraction of sp³-hybridized carbons (Fsp3) is 0.333. The zero-order chi connectivity index (χ0) is 19.7. The second-order valence-corrected chi connectivity index (χ2v) is 9.24. The fourth-order valence-electron chi connectivity index (χ4n) is 3.27. The molecule has 0 aliphatic carbocycles. The number of nitrogens with zero attached hydrogens (tertiary/aromatic N) is 4. The van der Waals surface area contributed by atoms with Gasteiger partial charge < -0.3 is 5.32 Å². The first-order valence-electron chi connectivity index (χ1n) is 8.90. The minimum absolute atomic E-state index is 0.133. The van der Waals surface area contributed by atoms with Crippen LogP contribution >= 0.6 is 11.7 Å². The number of amides is 1. The van der Waals surface area contributed by atoms with Crippen molar-refractivity contribution in [1.29, 1.82) is 0 Å². The SMILES string of the molecule is Cc1ccc(NC(=O)C2CCCN(S(=O)(=O)c3cccc4nsnc34)C2)nc1. The summed E-state index contributed by atoms with van der Waals surface area (Å²) in [5.41, 5.74) is 1.93. The van der Waals surface area contributed by atoms with Gasteiger partial charge in [0.15, 0.2) is 0 Å². The number of carbonyl (C=O) groups is 1. The van der Waals surface area contributed by atoms with Crippen molar-refractivity contribution in [2.75, 3.05) is 18.4 Å². The lowest BCUT2D eigenvalue weighted by Gasteiger charge is -2.31. The third kappa shape index (κ3) is 3.62. The Balaban J connectivity index is 1.53. The van der Waals surface area contributed by atoms with E-state index in [0.29, 0.717) is 36.2 Å². The van der Waals surface area contributed by atoms with Gasteiger partial charge >= 0.3 is 0 Å². The number of nitrogens with one attached hydrogen (secondary N) is 1. The zero-order valence-electron chi connectivity index (χ0n) is 15.2. The second-order valence-electron chi connectivity index (χ2n) is 6.80. The molecule has 1 aromatic carbocycles. The molecule has 1 unspecified atom stereocenters. The number of benzene rings is 1. The molecule has 1 aliphatic heterocycles. The second kappa shape index (κ2) is 7.53. The van der Waals surface area contributed by atoms with Gasteiger partial charge in [-0.3, -0.25) is 4.79 Å². The van der Waals surface area contributed by atoms with E-state index in [0.717, 1.165) is 17.3 Å². The molecule has 2 aromatic heterocycles. The molecular weight excluding hydrogens is 398 g/mol. The van der Waals surface area contributed by atoms with Crippen LogP contribution in [0.3, 0.4) is 0 Å². The third-order valence-electron chi connectivity index (χ3n) is 4.78. The first-order chi connectivity index (χ1) is 13.4. The maximum atomic E-state index is 13.2. The van der Waals surface area contributed by atoms with Crippen molar-refractivity contribution in [2.24, 2.45) is 5.92 Å². The molecule has 0 spiro atoms. The van der Waals surface area contributed by atoms with Crippen LogP contribution in [0.2, 0.25) is 0 Å². The van der Waals surface area contributed by atoms with E-state index in [9.17, 15) is 13.2 Å². The highest BCUT2D eigenvalue weighted by molar-refractivity contribution is 7.89. The van der Waals surface area contributed by atoms with Gasteiger partial charge in [-0.25, -0.2) is 13.4 Å². The average Bonchev–Trinajstić information content (AvgIpc) is 3.18. The van der Waals surface area contributed by atoms with Crippen LogP contribution in [-0.2, 0) is 14.8 Å². The number of rotatable bonds is 4. The van der Waals surface area contributed by atoms with E-state index in [4.69, 9.17) is 0 Å². The lowest BCUT2D eigenvalue weighted by molar-refractivity contribution is -0.120. The standard InChI is InChI=1S/C18H19N5O3S2/c1-12-7-8-16(19-10-12)20-18(24)13-4-3-9-23(11-13)28(25,26)15-6-2-5-14-17(15)22-27-21-14/h2,5-8,10,13H,3-4,9,11H2,1H3,(H,19,20,24). The summed E-state index contributed by atoms with van der Waals surface area (Å²) < 4.78 is 36.0. The summed E-state index contributed by atoms with van der Waals surface area (Å²) in [7, 11) is -3.76. The molecule has 1 N–H and O–H groups in total. The molecule has 3 aromatic rings. The molecule has 10 heteroatoms. The molecule has 28 heavy (non-hydrogen) atoms. The van der Waals surface area contributed by atoms with E-state index in [1.807, 2.05) is 13.0 Å². The van der Waals surface area contributed by atoms with Gasteiger partial charge in [0.1, 0.15) is 21.7 Å². The van der Waals surface area contributed by atoms with Gasteiger partial charge in [0.2, 0.25) is 15.9 Å². The molecule has 1 fully saturated rings. The number of anilines is 1. The van der Waals surface area contributed by atoms with Crippen LogP contribution < -0.4 is 5.32 Å². The van der Waals surface area contributed by atoms with Crippen LogP contribution in [-0.4, -0.2) is 45.5 Å². The molecule has 1 atom stereocenters. The van der Waals surface area contributed by atoms with Gasteiger partial charge in [-0.1, -0.05) is 12.1 Å². The Labute approximate surface area is 167 Å². The molecule has 0 bridgehead atoms. The molecular formula is C18H19N5O3S2. The normalized spacial score (nSPS) is 18.2. The number of carbonyl (C=O) groups excluding carboxylic acids is 1. The molecule has 146 valence electrons. The molecule has 4 rings (SSSR count). The first kappa shape index (κ1) is 18.9. The van der Waals surface area contributed by atoms with E-state index in [1.54, 1.807) is 30.5 Å². The number of piperidine rings is 1. The van der Waals surface area contributed by atoms with Crippen molar-refractivity contribution in [1.82, 2.24) is 18.0 Å². The summed E-state index contributed by atoms with van der Waals surface area (Å²) in [4.78, 5) is 17.0. The van der Waals surface area contributed by atoms with Crippen molar-refractivity contribution in [3.8, 4) is 0 Å². The average molecular weight is 418 g/mol. The lowest BCUT2D eigenvalue weighted by atomic mass is 9.99. The van der Waals surface area contributed by atoms with Gasteiger partial charge in [0, 0.05) is 19.3 Å². The van der Waals surface area contributed by atoms with Crippen molar-refractivity contribution < 1.29 is 13.2 Å². The highest BCUT2D eigenvalue weighted by Crippen LogP contribution is 2.28. The predicted molar refractivity (Wildman–Crippen MR) is 107 cm³/mol. The minimum atomic E-state index is -3.76. The molecule has 0 radical (unpaired) electrons. The number of hydrogen-bond donors (Lipinski definition) is 1. The molecule has 8 nitrogen and oxygen atoms in total. The summed E-state index contributed by atoms with van der Waals surface area (Å²) >= 11 is 0.983. The molecule has 1 saturated heterocycles. The molecule has 1 aliphatic rings. The fourth-order valence-corrected chi connectivity index (χ4v) is 5.55. The number of fused-ring (bicyclic) bond motifs is 1. The van der Waals surface area contributed by atoms with Crippen molar-refractivity contribution in [3.05, 3.63) is 42.1 Å². The van der Waals surface area contributed by atoms with E-state index >= 15 is 0 Å². The smallest absolute Gasteiger partial charge is 0.245 e. The highest BCUT2D eigenvalue weighted by atomic mass is 32.2. The minimum Gasteiger partial charge on any atom is -0.310 e. The van der Waals surface area contributed by atoms with Gasteiger partial charge in [-0.15, -0.1) is 0 Å². The molecule has 0 saturated carbocycles. The topological polar surface area (TPSA) is 105 Å². The summed E-state index contributed by atoms with van der Waals surface area (Å²) in [5.74, 6) is -0.182. The van der Waals surface area contributed by atoms with Crippen LogP contribution in [0.15, 0.2) is 41.4 Å². The van der Waals surface area contributed by atoms with E-state index in [-0.39, 0.29) is 17.3 Å². The van der Waals surface area contributed by atoms with Gasteiger partial charge in [-0.05, 0) is 43.5 Å². The van der Waals surface area contributed by atoms with Crippen molar-refractivity contribution in [3.63, 3.8) is 0 Å². The third-order valence-corrected chi connectivity index (χ3v) is 7.22. The number of sulfonamides is 1. The molecule has 3 heterocycles. The van der Waals surface area contributed by atoms with Crippen LogP contribution in [0.4, 0.5) is 5.82 Å². The van der Waals surface area contributed by atoms with Gasteiger partial charge in [0.25, 0.3) is 0 Å². The van der Waals surface area contributed by atoms with Gasteiger partial charge in [0.05, 0.1) is 17.6 Å². The predicted octanol–water partition coefficient (Wildman–Crippen LogP) is 2.43. The van der Waals surface area contributed by atoms with Crippen LogP contribution in [0.25, 0.3) is 11.0 Å². The van der Waals surface area contributed by atoms with E-state index in [1.165, 1.54) is 4.31 Å². The Kier molecular flexibility index (Phi) is 5.09. The monoisotopic (exact) mass is 417 g/mol. The number of aryl methyl sites for hydroxylation is 1. The Morgan fingerprint density at radius 3 is 2.89 bits per heavy atom. The lowest BCUT2D eigenvalue weighted by Crippen LogP contribution is -2.43. The van der Waals surface area contributed by atoms with Crippen LogP contribution in [0, 0.1) is 12.8 Å². The maximum Gasteiger partial charge on any atom is 0.245 e. The first-order valence-corrected chi connectivity index (χ1v) is 11.1. The van der Waals surface area contributed by atoms with Crippen molar-refractivity contribution >= 4 is 44.5 Å². The maximum absolute atomic E-state index is 13.2. The number of hydrogen-bond acceptors (Lipinski definition) is 7. The Bertz CT molecular complexity index is 1110. The summed E-state index contributed by atoms with van der Waals surface area (Å²) in [5, 5.41) is 2.78. The summed E-state index contributed by atoms with van der Waals surface area (Å²) in [6.07, 6.45) is 2.92. The summed E-state index contributed by atoms with van der Waals surface area (Å²) in [6.45, 7) is 2.43. The van der Waals surface area contributed by atoms with E-state index < -0.39 is 15.9 Å². The van der Waals surface area contributed by atoms with E-state index in [2.05, 4.69) is 19.0 Å². The molecule has 1 amide bonds. The Morgan fingerprint density at radius 1 is 1.25 bits per heavy atom. The van der Waals surface area contributed by atoms with Crippen LogP contribution in [0.1, 0.15) is 18.4 Å². The zero-order valence-corrected chi connectivity index (χ0v) is 16.8. The quantitative estimate of drug-likeness (QED) is 0.699. The highest BCUT2D eigenvalue weighted by Gasteiger charge is 2.34. The Hall–Kier alpha value is -2.43. The van der Waals surface area contributed by atoms with Crippen molar-refractivity contribution in [2.45, 2.75) is 24.7 Å². The largest absolute Gasteiger partial charge is 0.310 e. The van der Waals surface area contributed by atoms with Gasteiger partial charge in [-0.2, -0.15) is 13.1 Å². The number of aromatic nitrogens is 3. The number of pyridine rings is 1. The summed E-state index contributed by atoms with van der Waals surface area (Å²) in [6, 6.07) is 8.54. The Morgan fingerprint density at radius 2 is 2.11 bits per heavy atom.